The third-order valence-electron chi connectivity index (χ3n) is 2.30. The summed E-state index contributed by atoms with van der Waals surface area (Å²) in [6.07, 6.45) is 5.79. The predicted molar refractivity (Wildman–Crippen MR) is 58.8 cm³/mol. The Morgan fingerprint density at radius 2 is 2.21 bits per heavy atom. The highest BCUT2D eigenvalue weighted by Crippen LogP contribution is 2.25. The first-order valence-electron chi connectivity index (χ1n) is 4.58. The van der Waals surface area contributed by atoms with Crippen molar-refractivity contribution in [2.45, 2.75) is 19.3 Å². The first-order valence-corrected chi connectivity index (χ1v) is 5.37. The molecule has 0 atom stereocenters. The van der Waals surface area contributed by atoms with Gasteiger partial charge in [0.05, 0.1) is 5.69 Å². The van der Waals surface area contributed by atoms with Gasteiger partial charge < -0.3 is 0 Å². The molecule has 2 nitrogen and oxygen atoms in total. The van der Waals surface area contributed by atoms with Gasteiger partial charge in [0.2, 0.25) is 0 Å². The van der Waals surface area contributed by atoms with Gasteiger partial charge in [-0.1, -0.05) is 22.0 Å². The summed E-state index contributed by atoms with van der Waals surface area (Å²) in [6.45, 7) is 0. The Balaban J connectivity index is 2.27. The molecule has 0 amide bonds. The Morgan fingerprint density at radius 1 is 1.36 bits per heavy atom. The summed E-state index contributed by atoms with van der Waals surface area (Å²) in [5.41, 5.74) is 2.16. The number of allylic oxidation sites excluding steroid dienone is 2. The van der Waals surface area contributed by atoms with Gasteiger partial charge in [-0.15, -0.1) is 0 Å². The molecule has 0 radical (unpaired) electrons. The minimum atomic E-state index is 0.323. The van der Waals surface area contributed by atoms with E-state index in [1.807, 2.05) is 18.2 Å². The lowest BCUT2D eigenvalue weighted by Gasteiger charge is -2.11. The third kappa shape index (κ3) is 2.10. The average Bonchev–Trinajstić information content (AvgIpc) is 2.19. The number of pyridine rings is 1. The highest BCUT2D eigenvalue weighted by molar-refractivity contribution is 9.10. The zero-order chi connectivity index (χ0) is 9.97. The molecule has 1 aromatic heterocycles. The molecule has 0 spiro atoms. The molecule has 2 rings (SSSR count). The minimum Gasteiger partial charge on any atom is -0.299 e. The van der Waals surface area contributed by atoms with Crippen LogP contribution in [0.2, 0.25) is 0 Å². The summed E-state index contributed by atoms with van der Waals surface area (Å²) in [6, 6.07) is 3.89. The molecule has 1 aliphatic rings. The standard InChI is InChI=1S/C11H10BrNO/c12-9-5-6-13-11(7-9)8-1-3-10(14)4-2-8/h1,5-7H,2-4H2. The van der Waals surface area contributed by atoms with Crippen LogP contribution in [0.25, 0.3) is 5.57 Å². The van der Waals surface area contributed by atoms with Crippen molar-refractivity contribution in [1.29, 1.82) is 0 Å². The first kappa shape index (κ1) is 9.59. The van der Waals surface area contributed by atoms with Gasteiger partial charge in [0.15, 0.2) is 0 Å². The topological polar surface area (TPSA) is 30.0 Å². The maximum absolute atomic E-state index is 11.0. The van der Waals surface area contributed by atoms with E-state index in [4.69, 9.17) is 0 Å². The molecule has 0 unspecified atom stereocenters. The Morgan fingerprint density at radius 3 is 2.86 bits per heavy atom. The van der Waals surface area contributed by atoms with Crippen LogP contribution in [0.1, 0.15) is 25.0 Å². The van der Waals surface area contributed by atoms with Gasteiger partial charge in [0, 0.05) is 23.5 Å². The lowest BCUT2D eigenvalue weighted by molar-refractivity contribution is -0.118. The molecule has 14 heavy (non-hydrogen) atoms. The molecule has 0 saturated heterocycles. The maximum atomic E-state index is 11.0. The number of carbonyl (C=O) groups is 1. The normalized spacial score (nSPS) is 16.6. The molecular weight excluding hydrogens is 242 g/mol. The second kappa shape index (κ2) is 4.05. The van der Waals surface area contributed by atoms with E-state index in [-0.39, 0.29) is 0 Å². The van der Waals surface area contributed by atoms with Crippen LogP contribution >= 0.6 is 15.9 Å². The van der Waals surface area contributed by atoms with Crippen LogP contribution in [0.5, 0.6) is 0 Å². The molecule has 0 aliphatic heterocycles. The predicted octanol–water partition coefficient (Wildman–Crippen LogP) is 2.98. The van der Waals surface area contributed by atoms with Gasteiger partial charge in [0.1, 0.15) is 5.78 Å². The van der Waals surface area contributed by atoms with Crippen molar-refractivity contribution < 1.29 is 4.79 Å². The molecular formula is C11H10BrNO. The number of halogens is 1. The van der Waals surface area contributed by atoms with E-state index in [1.54, 1.807) is 6.20 Å². The van der Waals surface area contributed by atoms with E-state index in [2.05, 4.69) is 20.9 Å². The van der Waals surface area contributed by atoms with Gasteiger partial charge in [-0.25, -0.2) is 0 Å². The molecule has 0 aromatic carbocycles. The number of rotatable bonds is 1. The largest absolute Gasteiger partial charge is 0.299 e. The highest BCUT2D eigenvalue weighted by Gasteiger charge is 2.12. The van der Waals surface area contributed by atoms with Crippen LogP contribution in [0.3, 0.4) is 0 Å². The average molecular weight is 252 g/mol. The Labute approximate surface area is 91.2 Å². The van der Waals surface area contributed by atoms with Crippen molar-refractivity contribution in [3.05, 3.63) is 34.6 Å². The van der Waals surface area contributed by atoms with Crippen molar-refractivity contribution in [2.24, 2.45) is 0 Å². The second-order valence-electron chi connectivity index (χ2n) is 3.33. The maximum Gasteiger partial charge on any atom is 0.137 e. The number of nitrogens with zero attached hydrogens (tertiary/aromatic N) is 1. The number of hydrogen-bond donors (Lipinski definition) is 0. The van der Waals surface area contributed by atoms with Gasteiger partial charge in [-0.3, -0.25) is 9.78 Å². The molecule has 1 aromatic rings. The second-order valence-corrected chi connectivity index (χ2v) is 4.25. The monoisotopic (exact) mass is 251 g/mol. The number of ketones is 1. The highest BCUT2D eigenvalue weighted by atomic mass is 79.9. The molecule has 0 bridgehead atoms. The van der Waals surface area contributed by atoms with Gasteiger partial charge >= 0.3 is 0 Å². The third-order valence-corrected chi connectivity index (χ3v) is 2.79. The van der Waals surface area contributed by atoms with Crippen molar-refractivity contribution in [1.82, 2.24) is 4.98 Å². The van der Waals surface area contributed by atoms with Crippen LogP contribution in [-0.2, 0) is 4.79 Å². The van der Waals surface area contributed by atoms with E-state index in [9.17, 15) is 4.79 Å². The Hall–Kier alpha value is -0.960. The number of Topliss-reactive ketones (excluding diaryl/α,β-unsaturated/α-hetero) is 1. The molecule has 1 heterocycles. The van der Waals surface area contributed by atoms with Crippen molar-refractivity contribution in [3.8, 4) is 0 Å². The van der Waals surface area contributed by atoms with Crippen LogP contribution in [0, 0.1) is 0 Å². The Bertz CT molecular complexity index is 398. The minimum absolute atomic E-state index is 0.323. The van der Waals surface area contributed by atoms with E-state index in [0.717, 1.165) is 16.6 Å². The van der Waals surface area contributed by atoms with Crippen LogP contribution in [-0.4, -0.2) is 10.8 Å². The van der Waals surface area contributed by atoms with Crippen molar-refractivity contribution >= 4 is 27.3 Å². The van der Waals surface area contributed by atoms with E-state index in [1.165, 1.54) is 5.57 Å². The summed E-state index contributed by atoms with van der Waals surface area (Å²) >= 11 is 3.41. The summed E-state index contributed by atoms with van der Waals surface area (Å²) in [5.74, 6) is 0.323. The van der Waals surface area contributed by atoms with Crippen molar-refractivity contribution in [3.63, 3.8) is 0 Å². The summed E-state index contributed by atoms with van der Waals surface area (Å²) in [5, 5.41) is 0. The van der Waals surface area contributed by atoms with Crippen LogP contribution < -0.4 is 0 Å². The van der Waals surface area contributed by atoms with Crippen molar-refractivity contribution in [2.75, 3.05) is 0 Å². The lowest BCUT2D eigenvalue weighted by atomic mass is 9.96. The van der Waals surface area contributed by atoms with E-state index < -0.39 is 0 Å². The molecule has 0 fully saturated rings. The van der Waals surface area contributed by atoms with Gasteiger partial charge in [-0.2, -0.15) is 0 Å². The molecule has 0 N–H and O–H groups in total. The lowest BCUT2D eigenvalue weighted by Crippen LogP contribution is -2.03. The smallest absolute Gasteiger partial charge is 0.137 e. The SMILES string of the molecule is O=C1CC=C(c2cc(Br)ccn2)CC1. The van der Waals surface area contributed by atoms with Gasteiger partial charge in [0.25, 0.3) is 0 Å². The van der Waals surface area contributed by atoms with Crippen LogP contribution in [0.4, 0.5) is 0 Å². The number of hydrogen-bond acceptors (Lipinski definition) is 2. The molecule has 1 aliphatic carbocycles. The summed E-state index contributed by atoms with van der Waals surface area (Å²) < 4.78 is 1.03. The molecule has 72 valence electrons. The molecule has 0 saturated carbocycles. The number of aromatic nitrogens is 1. The first-order chi connectivity index (χ1) is 6.75. The molecule has 3 heteroatoms. The fraction of sp³-hybridized carbons (Fsp3) is 0.273. The zero-order valence-electron chi connectivity index (χ0n) is 7.66. The van der Waals surface area contributed by atoms with E-state index >= 15 is 0 Å². The Kier molecular flexibility index (Phi) is 2.77. The summed E-state index contributed by atoms with van der Waals surface area (Å²) in [7, 11) is 0. The van der Waals surface area contributed by atoms with E-state index in [0.29, 0.717) is 18.6 Å². The fourth-order valence-corrected chi connectivity index (χ4v) is 1.86. The fourth-order valence-electron chi connectivity index (χ4n) is 1.53. The zero-order valence-corrected chi connectivity index (χ0v) is 9.25. The number of carbonyl (C=O) groups excluding carboxylic acids is 1. The van der Waals surface area contributed by atoms with Gasteiger partial charge in [-0.05, 0) is 24.1 Å². The van der Waals surface area contributed by atoms with Crippen LogP contribution in [0.15, 0.2) is 28.9 Å². The quantitative estimate of drug-likeness (QED) is 0.769. The summed E-state index contributed by atoms with van der Waals surface area (Å²) in [4.78, 5) is 15.3.